The number of barbiturate groups is 1. The van der Waals surface area contributed by atoms with E-state index in [1.54, 1.807) is 31.2 Å². The summed E-state index contributed by atoms with van der Waals surface area (Å²) in [6.45, 7) is 2.07. The molecule has 0 spiro atoms. The highest BCUT2D eigenvalue weighted by Crippen LogP contribution is 2.31. The molecule has 188 valence electrons. The fourth-order valence-corrected chi connectivity index (χ4v) is 3.60. The Morgan fingerprint density at radius 2 is 1.78 bits per heavy atom. The average molecular weight is 505 g/mol. The summed E-state index contributed by atoms with van der Waals surface area (Å²) in [5, 5.41) is 13.0. The molecule has 1 saturated heterocycles. The summed E-state index contributed by atoms with van der Waals surface area (Å²) in [6.07, 6.45) is 1.25. The summed E-state index contributed by atoms with van der Waals surface area (Å²) in [5.74, 6) is -2.08. The van der Waals surface area contributed by atoms with Crippen molar-refractivity contribution < 1.29 is 33.2 Å². The van der Waals surface area contributed by atoms with E-state index in [2.05, 4.69) is 0 Å². The lowest BCUT2D eigenvalue weighted by Crippen LogP contribution is -2.54. The molecule has 3 aromatic carbocycles. The number of halogens is 1. The van der Waals surface area contributed by atoms with Crippen LogP contribution in [0.1, 0.15) is 18.1 Å². The fraction of sp³-hybridized carbons (Fsp3) is 0.115. The molecular weight excluding hydrogens is 485 g/mol. The Bertz CT molecular complexity index is 1440. The van der Waals surface area contributed by atoms with Crippen molar-refractivity contribution in [2.24, 2.45) is 0 Å². The molecule has 1 aliphatic rings. The van der Waals surface area contributed by atoms with E-state index in [0.717, 1.165) is 6.07 Å². The number of nitrogens with one attached hydrogen (secondary N) is 1. The topological polar surface area (TPSA) is 128 Å². The highest BCUT2D eigenvalue weighted by Gasteiger charge is 2.38. The van der Waals surface area contributed by atoms with Crippen LogP contribution in [0.5, 0.6) is 11.5 Å². The van der Waals surface area contributed by atoms with Gasteiger partial charge in [-0.2, -0.15) is 0 Å². The molecule has 11 heteroatoms. The van der Waals surface area contributed by atoms with Gasteiger partial charge in [0.1, 0.15) is 18.0 Å². The number of nitro groups is 1. The number of ether oxygens (including phenoxy) is 2. The number of amides is 4. The number of para-hydroxylation sites is 1. The van der Waals surface area contributed by atoms with Crippen LogP contribution in [0.2, 0.25) is 0 Å². The maximum atomic E-state index is 14.3. The standard InChI is InChI=1S/C26H20FN3O7/c1-2-36-23-14-16(10-11-22(23)37-15-17-6-5-7-18(12-17)30(34)35)13-19-24(31)28-26(33)29(25(19)32)21-9-4-3-8-20(21)27/h3-14H,2,15H2,1H3,(H,28,31,33)/b19-13-. The molecule has 4 rings (SSSR count). The van der Waals surface area contributed by atoms with Crippen molar-refractivity contribution in [1.82, 2.24) is 5.32 Å². The number of urea groups is 1. The number of rotatable bonds is 8. The fourth-order valence-electron chi connectivity index (χ4n) is 3.60. The second kappa shape index (κ2) is 10.7. The van der Waals surface area contributed by atoms with Gasteiger partial charge in [-0.15, -0.1) is 0 Å². The third-order valence-corrected chi connectivity index (χ3v) is 5.29. The van der Waals surface area contributed by atoms with Crippen molar-refractivity contribution in [3.8, 4) is 11.5 Å². The van der Waals surface area contributed by atoms with Gasteiger partial charge in [0.25, 0.3) is 17.5 Å². The molecule has 0 atom stereocenters. The molecule has 1 aliphatic heterocycles. The average Bonchev–Trinajstić information content (AvgIpc) is 2.87. The van der Waals surface area contributed by atoms with E-state index in [9.17, 15) is 28.9 Å². The molecule has 10 nitrogen and oxygen atoms in total. The van der Waals surface area contributed by atoms with Crippen molar-refractivity contribution in [3.63, 3.8) is 0 Å². The smallest absolute Gasteiger partial charge is 0.336 e. The number of non-ortho nitro benzene ring substituents is 1. The predicted molar refractivity (Wildman–Crippen MR) is 130 cm³/mol. The summed E-state index contributed by atoms with van der Waals surface area (Å²) >= 11 is 0. The van der Waals surface area contributed by atoms with E-state index in [1.165, 1.54) is 42.5 Å². The lowest BCUT2D eigenvalue weighted by molar-refractivity contribution is -0.384. The van der Waals surface area contributed by atoms with Crippen LogP contribution in [0.3, 0.4) is 0 Å². The van der Waals surface area contributed by atoms with Gasteiger partial charge in [-0.25, -0.2) is 14.1 Å². The molecule has 0 saturated carbocycles. The zero-order chi connectivity index (χ0) is 26.5. The monoisotopic (exact) mass is 505 g/mol. The SMILES string of the molecule is CCOc1cc(/C=C2/C(=O)NC(=O)N(c3ccccc3F)C2=O)ccc1OCc1cccc([N+](=O)[O-])c1. The van der Waals surface area contributed by atoms with Gasteiger partial charge < -0.3 is 9.47 Å². The lowest BCUT2D eigenvalue weighted by atomic mass is 10.1. The van der Waals surface area contributed by atoms with Crippen LogP contribution >= 0.6 is 0 Å². The van der Waals surface area contributed by atoms with Gasteiger partial charge in [-0.1, -0.05) is 30.3 Å². The third-order valence-electron chi connectivity index (χ3n) is 5.29. The van der Waals surface area contributed by atoms with Crippen LogP contribution in [0.25, 0.3) is 6.08 Å². The maximum Gasteiger partial charge on any atom is 0.336 e. The Morgan fingerprint density at radius 3 is 2.51 bits per heavy atom. The summed E-state index contributed by atoms with van der Waals surface area (Å²) in [6, 6.07) is 14.8. The lowest BCUT2D eigenvalue weighted by Gasteiger charge is -2.26. The van der Waals surface area contributed by atoms with Crippen LogP contribution in [0.15, 0.2) is 72.3 Å². The van der Waals surface area contributed by atoms with Crippen molar-refractivity contribution in [2.75, 3.05) is 11.5 Å². The first-order valence-electron chi connectivity index (χ1n) is 11.1. The molecule has 0 radical (unpaired) electrons. The Morgan fingerprint density at radius 1 is 1.00 bits per heavy atom. The number of nitrogens with zero attached hydrogens (tertiary/aromatic N) is 2. The summed E-state index contributed by atoms with van der Waals surface area (Å²) < 4.78 is 25.7. The number of imide groups is 2. The number of carbonyl (C=O) groups is 3. The van der Waals surface area contributed by atoms with Crippen LogP contribution in [-0.4, -0.2) is 29.4 Å². The molecule has 3 aromatic rings. The van der Waals surface area contributed by atoms with Gasteiger partial charge in [0, 0.05) is 12.1 Å². The highest BCUT2D eigenvalue weighted by molar-refractivity contribution is 6.39. The minimum Gasteiger partial charge on any atom is -0.490 e. The molecule has 37 heavy (non-hydrogen) atoms. The summed E-state index contributed by atoms with van der Waals surface area (Å²) in [7, 11) is 0. The van der Waals surface area contributed by atoms with Crippen molar-refractivity contribution in [3.05, 3.63) is 99.4 Å². The number of hydrogen-bond donors (Lipinski definition) is 1. The number of anilines is 1. The van der Waals surface area contributed by atoms with Gasteiger partial charge in [-0.3, -0.25) is 25.0 Å². The zero-order valence-electron chi connectivity index (χ0n) is 19.5. The molecule has 0 bridgehead atoms. The Hall–Kier alpha value is -5.06. The maximum absolute atomic E-state index is 14.3. The Balaban J connectivity index is 1.61. The minimum atomic E-state index is -1.06. The second-order valence-corrected chi connectivity index (χ2v) is 7.76. The number of benzene rings is 3. The first-order chi connectivity index (χ1) is 17.8. The number of hydrogen-bond acceptors (Lipinski definition) is 7. The van der Waals surface area contributed by atoms with Gasteiger partial charge in [-0.05, 0) is 48.4 Å². The van der Waals surface area contributed by atoms with Gasteiger partial charge in [0.05, 0.1) is 17.2 Å². The minimum absolute atomic E-state index is 0.0305. The largest absolute Gasteiger partial charge is 0.490 e. The van der Waals surface area contributed by atoms with Crippen LogP contribution in [-0.2, 0) is 16.2 Å². The summed E-state index contributed by atoms with van der Waals surface area (Å²) in [5.41, 5.74) is 0.225. The van der Waals surface area contributed by atoms with E-state index in [0.29, 0.717) is 27.5 Å². The third kappa shape index (κ3) is 5.45. The Kier molecular flexibility index (Phi) is 7.23. The predicted octanol–water partition coefficient (Wildman–Crippen LogP) is 4.38. The zero-order valence-corrected chi connectivity index (χ0v) is 19.5. The van der Waals surface area contributed by atoms with Gasteiger partial charge in [0.15, 0.2) is 11.5 Å². The molecule has 1 heterocycles. The first-order valence-corrected chi connectivity index (χ1v) is 11.1. The summed E-state index contributed by atoms with van der Waals surface area (Å²) in [4.78, 5) is 48.8. The number of carbonyl (C=O) groups excluding carboxylic acids is 3. The Labute approximate surface area is 210 Å². The molecule has 0 aromatic heterocycles. The number of nitro benzene ring substituents is 1. The van der Waals surface area contributed by atoms with Crippen molar-refractivity contribution >= 4 is 35.3 Å². The van der Waals surface area contributed by atoms with Gasteiger partial charge >= 0.3 is 6.03 Å². The van der Waals surface area contributed by atoms with E-state index >= 15 is 0 Å². The molecule has 1 N–H and O–H groups in total. The van der Waals surface area contributed by atoms with Crippen molar-refractivity contribution in [1.29, 1.82) is 0 Å². The van der Waals surface area contributed by atoms with E-state index < -0.39 is 28.6 Å². The quantitative estimate of drug-likeness (QED) is 0.208. The first kappa shape index (κ1) is 25.0. The normalized spacial score (nSPS) is 14.5. The molecule has 0 aliphatic carbocycles. The van der Waals surface area contributed by atoms with E-state index in [-0.39, 0.29) is 30.2 Å². The van der Waals surface area contributed by atoms with Gasteiger partial charge in [0.2, 0.25) is 0 Å². The second-order valence-electron chi connectivity index (χ2n) is 7.76. The highest BCUT2D eigenvalue weighted by atomic mass is 19.1. The molecule has 1 fully saturated rings. The molecule has 0 unspecified atom stereocenters. The van der Waals surface area contributed by atoms with Crippen LogP contribution < -0.4 is 19.7 Å². The molecule has 4 amide bonds. The molecular formula is C26H20FN3O7. The van der Waals surface area contributed by atoms with E-state index in [4.69, 9.17) is 9.47 Å². The van der Waals surface area contributed by atoms with E-state index in [1.807, 2.05) is 5.32 Å². The van der Waals surface area contributed by atoms with Crippen LogP contribution in [0, 0.1) is 15.9 Å². The van der Waals surface area contributed by atoms with Crippen molar-refractivity contribution in [2.45, 2.75) is 13.5 Å². The van der Waals surface area contributed by atoms with Crippen LogP contribution in [0.4, 0.5) is 20.6 Å².